The third-order valence-electron chi connectivity index (χ3n) is 2.51. The van der Waals surface area contributed by atoms with Gasteiger partial charge in [-0.25, -0.2) is 4.79 Å². The first kappa shape index (κ1) is 17.4. The van der Waals surface area contributed by atoms with Crippen LogP contribution in [0.4, 0.5) is 0 Å². The summed E-state index contributed by atoms with van der Waals surface area (Å²) in [6.45, 7) is 12.1. The van der Waals surface area contributed by atoms with Gasteiger partial charge in [0.05, 0.1) is 6.61 Å². The zero-order chi connectivity index (χ0) is 14.0. The van der Waals surface area contributed by atoms with Crippen molar-refractivity contribution in [3.8, 4) is 0 Å². The molecule has 0 saturated heterocycles. The molecule has 18 heavy (non-hydrogen) atoms. The number of ether oxygens (including phenoxy) is 2. The van der Waals surface area contributed by atoms with Gasteiger partial charge in [-0.1, -0.05) is 47.5 Å². The normalized spacial score (nSPS) is 11.9. The first-order chi connectivity index (χ1) is 8.31. The molecule has 0 aliphatic heterocycles. The zero-order valence-corrected chi connectivity index (χ0v) is 12.8. The van der Waals surface area contributed by atoms with Crippen LogP contribution in [0.1, 0.15) is 60.3 Å². The largest absolute Gasteiger partial charge is 0.464 e. The molecular formula is C15H30O3. The first-order valence-corrected chi connectivity index (χ1v) is 7.04. The molecule has 0 aliphatic carbocycles. The Kier molecular flexibility index (Phi) is 9.08. The standard InChI is InChI=1S/C15H30O3/c1-13(2)11-17-12-14(16)18-10-8-6-7-9-15(3,4)5/h13H,6-12H2,1-5H3. The SMILES string of the molecule is CC(C)COCC(=O)OCCCCCC(C)(C)C. The van der Waals surface area contributed by atoms with Gasteiger partial charge in [-0.05, 0) is 24.2 Å². The van der Waals surface area contributed by atoms with Crippen LogP contribution in [0.3, 0.4) is 0 Å². The van der Waals surface area contributed by atoms with E-state index in [0.29, 0.717) is 24.5 Å². The van der Waals surface area contributed by atoms with Gasteiger partial charge in [-0.3, -0.25) is 0 Å². The van der Waals surface area contributed by atoms with E-state index in [-0.39, 0.29) is 12.6 Å². The molecule has 108 valence electrons. The van der Waals surface area contributed by atoms with Gasteiger partial charge >= 0.3 is 5.97 Å². The van der Waals surface area contributed by atoms with E-state index in [0.717, 1.165) is 12.8 Å². The summed E-state index contributed by atoms with van der Waals surface area (Å²) in [5.74, 6) is 0.210. The molecule has 0 bridgehead atoms. The molecule has 0 N–H and O–H groups in total. The molecule has 0 unspecified atom stereocenters. The van der Waals surface area contributed by atoms with Gasteiger partial charge in [-0.2, -0.15) is 0 Å². The van der Waals surface area contributed by atoms with Crippen molar-refractivity contribution in [3.05, 3.63) is 0 Å². The van der Waals surface area contributed by atoms with Crippen molar-refractivity contribution in [1.82, 2.24) is 0 Å². The number of unbranched alkanes of at least 4 members (excludes halogenated alkanes) is 2. The number of hydrogen-bond acceptors (Lipinski definition) is 3. The first-order valence-electron chi connectivity index (χ1n) is 7.04. The number of rotatable bonds is 9. The summed E-state index contributed by atoms with van der Waals surface area (Å²) in [7, 11) is 0. The third-order valence-corrected chi connectivity index (χ3v) is 2.51. The van der Waals surface area contributed by atoms with Crippen LogP contribution >= 0.6 is 0 Å². The second kappa shape index (κ2) is 9.37. The van der Waals surface area contributed by atoms with Gasteiger partial charge in [0.25, 0.3) is 0 Å². The van der Waals surface area contributed by atoms with Crippen LogP contribution in [0.5, 0.6) is 0 Å². The van der Waals surface area contributed by atoms with Crippen LogP contribution in [0.2, 0.25) is 0 Å². The van der Waals surface area contributed by atoms with E-state index in [9.17, 15) is 4.79 Å². The number of esters is 1. The zero-order valence-electron chi connectivity index (χ0n) is 12.8. The maximum Gasteiger partial charge on any atom is 0.332 e. The number of hydrogen-bond donors (Lipinski definition) is 0. The van der Waals surface area contributed by atoms with E-state index in [1.165, 1.54) is 12.8 Å². The molecular weight excluding hydrogens is 228 g/mol. The van der Waals surface area contributed by atoms with Crippen LogP contribution in [0, 0.1) is 11.3 Å². The Labute approximate surface area is 112 Å². The van der Waals surface area contributed by atoms with Gasteiger partial charge in [0.1, 0.15) is 6.61 Å². The highest BCUT2D eigenvalue weighted by Crippen LogP contribution is 2.21. The highest BCUT2D eigenvalue weighted by molar-refractivity contribution is 5.70. The summed E-state index contributed by atoms with van der Waals surface area (Å²) in [6, 6.07) is 0. The van der Waals surface area contributed by atoms with E-state index in [1.807, 2.05) is 0 Å². The Balaban J connectivity index is 3.30. The highest BCUT2D eigenvalue weighted by atomic mass is 16.6. The molecule has 0 aromatic heterocycles. The molecule has 0 aromatic rings. The minimum absolute atomic E-state index is 0.0835. The van der Waals surface area contributed by atoms with E-state index in [2.05, 4.69) is 34.6 Å². The predicted octanol–water partition coefficient (Wildman–Crippen LogP) is 3.81. The van der Waals surface area contributed by atoms with Crippen LogP contribution in [0.15, 0.2) is 0 Å². The Morgan fingerprint density at radius 3 is 2.33 bits per heavy atom. The smallest absolute Gasteiger partial charge is 0.332 e. The molecule has 0 aromatic carbocycles. The van der Waals surface area contributed by atoms with Gasteiger partial charge in [0.2, 0.25) is 0 Å². The Morgan fingerprint density at radius 1 is 1.11 bits per heavy atom. The molecule has 0 heterocycles. The fourth-order valence-electron chi connectivity index (χ4n) is 1.54. The van der Waals surface area contributed by atoms with Gasteiger partial charge in [0.15, 0.2) is 0 Å². The average molecular weight is 258 g/mol. The molecule has 0 rings (SSSR count). The van der Waals surface area contributed by atoms with Crippen LogP contribution < -0.4 is 0 Å². The monoisotopic (exact) mass is 258 g/mol. The number of carbonyl (C=O) groups is 1. The van der Waals surface area contributed by atoms with Crippen LogP contribution in [0.25, 0.3) is 0 Å². The molecule has 3 nitrogen and oxygen atoms in total. The summed E-state index contributed by atoms with van der Waals surface area (Å²) in [4.78, 5) is 11.3. The van der Waals surface area contributed by atoms with Crippen molar-refractivity contribution in [2.24, 2.45) is 11.3 Å². The minimum atomic E-state index is -0.244. The fourth-order valence-corrected chi connectivity index (χ4v) is 1.54. The summed E-state index contributed by atoms with van der Waals surface area (Å²) >= 11 is 0. The maximum atomic E-state index is 11.3. The molecule has 0 radical (unpaired) electrons. The van der Waals surface area contributed by atoms with Crippen LogP contribution in [-0.4, -0.2) is 25.8 Å². The van der Waals surface area contributed by atoms with Crippen molar-refractivity contribution >= 4 is 5.97 Å². The second-order valence-electron chi connectivity index (χ2n) is 6.50. The lowest BCUT2D eigenvalue weighted by Gasteiger charge is -2.17. The minimum Gasteiger partial charge on any atom is -0.464 e. The molecule has 0 amide bonds. The topological polar surface area (TPSA) is 35.5 Å². The predicted molar refractivity (Wildman–Crippen MR) is 74.5 cm³/mol. The van der Waals surface area contributed by atoms with E-state index in [4.69, 9.17) is 9.47 Å². The molecule has 0 aliphatic rings. The maximum absolute atomic E-state index is 11.3. The van der Waals surface area contributed by atoms with Crippen molar-refractivity contribution in [2.45, 2.75) is 60.3 Å². The van der Waals surface area contributed by atoms with Gasteiger partial charge < -0.3 is 9.47 Å². The molecule has 0 spiro atoms. The fraction of sp³-hybridized carbons (Fsp3) is 0.933. The highest BCUT2D eigenvalue weighted by Gasteiger charge is 2.09. The second-order valence-corrected chi connectivity index (χ2v) is 6.50. The molecule has 0 saturated carbocycles. The van der Waals surface area contributed by atoms with Crippen molar-refractivity contribution in [2.75, 3.05) is 19.8 Å². The van der Waals surface area contributed by atoms with Crippen molar-refractivity contribution in [3.63, 3.8) is 0 Å². The van der Waals surface area contributed by atoms with Crippen molar-refractivity contribution < 1.29 is 14.3 Å². The summed E-state index contributed by atoms with van der Waals surface area (Å²) in [6.07, 6.45) is 4.49. The van der Waals surface area contributed by atoms with E-state index < -0.39 is 0 Å². The number of carbonyl (C=O) groups excluding carboxylic acids is 1. The molecule has 0 atom stereocenters. The lowest BCUT2D eigenvalue weighted by atomic mass is 9.89. The van der Waals surface area contributed by atoms with E-state index in [1.54, 1.807) is 0 Å². The lowest BCUT2D eigenvalue weighted by molar-refractivity contribution is -0.149. The summed E-state index contributed by atoms with van der Waals surface area (Å²) < 4.78 is 10.3. The third kappa shape index (κ3) is 13.5. The Morgan fingerprint density at radius 2 is 1.78 bits per heavy atom. The van der Waals surface area contributed by atoms with E-state index >= 15 is 0 Å². The molecule has 3 heteroatoms. The molecule has 0 fully saturated rings. The Hall–Kier alpha value is -0.570. The summed E-state index contributed by atoms with van der Waals surface area (Å²) in [5.41, 5.74) is 0.404. The Bertz CT molecular complexity index is 216. The quantitative estimate of drug-likeness (QED) is 0.466. The lowest BCUT2D eigenvalue weighted by Crippen LogP contribution is -2.15. The average Bonchev–Trinajstić information content (AvgIpc) is 2.21. The summed E-state index contributed by atoms with van der Waals surface area (Å²) in [5, 5.41) is 0. The van der Waals surface area contributed by atoms with Crippen LogP contribution in [-0.2, 0) is 14.3 Å². The van der Waals surface area contributed by atoms with Gasteiger partial charge in [-0.15, -0.1) is 0 Å². The van der Waals surface area contributed by atoms with Crippen molar-refractivity contribution in [1.29, 1.82) is 0 Å². The van der Waals surface area contributed by atoms with Gasteiger partial charge in [0, 0.05) is 6.61 Å².